The van der Waals surface area contributed by atoms with E-state index in [4.69, 9.17) is 0 Å². The van der Waals surface area contributed by atoms with E-state index in [2.05, 4.69) is 15.3 Å². The van der Waals surface area contributed by atoms with Gasteiger partial charge in [0, 0.05) is 23.8 Å². The second kappa shape index (κ2) is 5.24. The molecule has 1 aliphatic heterocycles. The van der Waals surface area contributed by atoms with Crippen molar-refractivity contribution in [1.82, 2.24) is 9.97 Å². The topological polar surface area (TPSA) is 61.0 Å². The number of anilines is 2. The lowest BCUT2D eigenvalue weighted by Crippen LogP contribution is -2.43. The van der Waals surface area contributed by atoms with E-state index in [1.54, 1.807) is 35.5 Å². The number of aromatic amines is 1. The van der Waals surface area contributed by atoms with E-state index in [0.29, 0.717) is 17.1 Å². The molecule has 2 aromatic carbocycles. The third-order valence-corrected chi connectivity index (χ3v) is 3.81. The maximum atomic E-state index is 13.2. The zero-order valence-electron chi connectivity index (χ0n) is 12.0. The molecule has 1 atom stereocenters. The van der Waals surface area contributed by atoms with Gasteiger partial charge in [-0.15, -0.1) is 0 Å². The summed E-state index contributed by atoms with van der Waals surface area (Å²) in [6.45, 7) is 0. The Bertz CT molecular complexity index is 845. The molecule has 5 nitrogen and oxygen atoms in total. The molecule has 23 heavy (non-hydrogen) atoms. The first-order valence-electron chi connectivity index (χ1n) is 7.18. The van der Waals surface area contributed by atoms with Crippen molar-refractivity contribution < 1.29 is 9.18 Å². The highest BCUT2D eigenvalue weighted by Gasteiger charge is 2.35. The fraction of sp³-hybridized carbons (Fsp3) is 0.0588. The maximum absolute atomic E-state index is 13.2. The molecule has 0 bridgehead atoms. The number of H-pyrrole nitrogens is 1. The minimum absolute atomic E-state index is 0.160. The summed E-state index contributed by atoms with van der Waals surface area (Å²) >= 11 is 0. The van der Waals surface area contributed by atoms with Crippen molar-refractivity contribution in [1.29, 1.82) is 0 Å². The highest BCUT2D eigenvalue weighted by Crippen LogP contribution is 2.35. The lowest BCUT2D eigenvalue weighted by atomic mass is 10.1. The van der Waals surface area contributed by atoms with Crippen LogP contribution in [-0.2, 0) is 0 Å². The minimum atomic E-state index is -0.488. The smallest absolute Gasteiger partial charge is 0.262 e. The van der Waals surface area contributed by atoms with Crippen LogP contribution in [0.2, 0.25) is 0 Å². The largest absolute Gasteiger partial charge is 0.358 e. The average Bonchev–Trinajstić information content (AvgIpc) is 3.10. The second-order valence-corrected chi connectivity index (χ2v) is 5.22. The van der Waals surface area contributed by atoms with E-state index >= 15 is 0 Å². The SMILES string of the molecule is O=C1c2ccccc2N[C@H](c2ncc[nH]2)N1c1ccc(F)cc1. The molecule has 0 fully saturated rings. The number of amides is 1. The van der Waals surface area contributed by atoms with Crippen LogP contribution in [0.1, 0.15) is 22.3 Å². The van der Waals surface area contributed by atoms with E-state index in [1.165, 1.54) is 12.1 Å². The van der Waals surface area contributed by atoms with E-state index in [9.17, 15) is 9.18 Å². The number of fused-ring (bicyclic) bond motifs is 1. The Kier molecular flexibility index (Phi) is 3.08. The zero-order valence-corrected chi connectivity index (χ0v) is 12.0. The molecule has 6 heteroatoms. The lowest BCUT2D eigenvalue weighted by Gasteiger charge is -2.36. The fourth-order valence-electron chi connectivity index (χ4n) is 2.74. The number of para-hydroxylation sites is 1. The summed E-state index contributed by atoms with van der Waals surface area (Å²) in [6.07, 6.45) is 2.84. The van der Waals surface area contributed by atoms with Crippen molar-refractivity contribution in [3.05, 3.63) is 78.1 Å². The number of benzene rings is 2. The predicted octanol–water partition coefficient (Wildman–Crippen LogP) is 3.32. The first kappa shape index (κ1) is 13.5. The predicted molar refractivity (Wildman–Crippen MR) is 84.6 cm³/mol. The summed E-state index contributed by atoms with van der Waals surface area (Å²) in [7, 11) is 0. The van der Waals surface area contributed by atoms with Crippen LogP contribution in [0.3, 0.4) is 0 Å². The molecule has 0 radical (unpaired) electrons. The van der Waals surface area contributed by atoms with Gasteiger partial charge in [-0.25, -0.2) is 9.37 Å². The average molecular weight is 308 g/mol. The molecule has 2 heterocycles. The van der Waals surface area contributed by atoms with Crippen LogP contribution in [0.4, 0.5) is 15.8 Å². The van der Waals surface area contributed by atoms with Gasteiger partial charge in [-0.2, -0.15) is 0 Å². The molecule has 0 saturated heterocycles. The van der Waals surface area contributed by atoms with E-state index < -0.39 is 6.17 Å². The number of hydrogen-bond acceptors (Lipinski definition) is 3. The van der Waals surface area contributed by atoms with Crippen LogP contribution in [0.25, 0.3) is 0 Å². The molecule has 0 saturated carbocycles. The van der Waals surface area contributed by atoms with Gasteiger partial charge < -0.3 is 10.3 Å². The second-order valence-electron chi connectivity index (χ2n) is 5.22. The molecule has 0 aliphatic carbocycles. The molecule has 1 aliphatic rings. The van der Waals surface area contributed by atoms with E-state index in [0.717, 1.165) is 5.69 Å². The van der Waals surface area contributed by atoms with Crippen LogP contribution in [-0.4, -0.2) is 15.9 Å². The Morgan fingerprint density at radius 1 is 1.09 bits per heavy atom. The van der Waals surface area contributed by atoms with Crippen LogP contribution in [0.5, 0.6) is 0 Å². The van der Waals surface area contributed by atoms with Crippen LogP contribution >= 0.6 is 0 Å². The Morgan fingerprint density at radius 3 is 2.61 bits per heavy atom. The lowest BCUT2D eigenvalue weighted by molar-refractivity contribution is 0.0974. The van der Waals surface area contributed by atoms with E-state index in [1.807, 2.05) is 18.2 Å². The summed E-state index contributed by atoms with van der Waals surface area (Å²) in [4.78, 5) is 21.8. The van der Waals surface area contributed by atoms with Gasteiger partial charge in [0.25, 0.3) is 5.91 Å². The van der Waals surface area contributed by atoms with Gasteiger partial charge >= 0.3 is 0 Å². The van der Waals surface area contributed by atoms with Crippen molar-refractivity contribution in [3.63, 3.8) is 0 Å². The molecule has 1 aromatic heterocycles. The Morgan fingerprint density at radius 2 is 1.87 bits per heavy atom. The number of imidazole rings is 1. The van der Waals surface area contributed by atoms with Gasteiger partial charge in [0.1, 0.15) is 11.6 Å². The van der Waals surface area contributed by atoms with Crippen LogP contribution in [0, 0.1) is 5.82 Å². The van der Waals surface area contributed by atoms with Gasteiger partial charge in [-0.1, -0.05) is 12.1 Å². The normalized spacial score (nSPS) is 16.8. The maximum Gasteiger partial charge on any atom is 0.262 e. The third-order valence-electron chi connectivity index (χ3n) is 3.81. The monoisotopic (exact) mass is 308 g/mol. The summed E-state index contributed by atoms with van der Waals surface area (Å²) < 4.78 is 13.2. The van der Waals surface area contributed by atoms with Gasteiger partial charge in [0.2, 0.25) is 0 Å². The number of carbonyl (C=O) groups excluding carboxylic acids is 1. The molecule has 0 spiro atoms. The molecular weight excluding hydrogens is 295 g/mol. The standard InChI is InChI=1S/C17H13FN4O/c18-11-5-7-12(8-6-11)22-16(15-19-9-10-20-15)21-14-4-2-1-3-13(14)17(22)23/h1-10,16,21H,(H,19,20)/t16-/m0/s1. The van der Waals surface area contributed by atoms with Crippen molar-refractivity contribution in [2.45, 2.75) is 6.17 Å². The first-order chi connectivity index (χ1) is 11.2. The van der Waals surface area contributed by atoms with Crippen molar-refractivity contribution in [2.24, 2.45) is 0 Å². The summed E-state index contributed by atoms with van der Waals surface area (Å²) in [6, 6.07) is 13.1. The zero-order chi connectivity index (χ0) is 15.8. The number of carbonyl (C=O) groups is 1. The molecule has 2 N–H and O–H groups in total. The highest BCUT2D eigenvalue weighted by atomic mass is 19.1. The first-order valence-corrected chi connectivity index (χ1v) is 7.18. The number of rotatable bonds is 2. The van der Waals surface area contributed by atoms with Crippen molar-refractivity contribution >= 4 is 17.3 Å². The summed E-state index contributed by atoms with van der Waals surface area (Å²) in [5.41, 5.74) is 1.91. The number of nitrogens with one attached hydrogen (secondary N) is 2. The van der Waals surface area contributed by atoms with Gasteiger partial charge in [0.15, 0.2) is 6.17 Å². The van der Waals surface area contributed by atoms with Gasteiger partial charge in [0.05, 0.1) is 5.56 Å². The number of hydrogen-bond donors (Lipinski definition) is 2. The van der Waals surface area contributed by atoms with E-state index in [-0.39, 0.29) is 11.7 Å². The minimum Gasteiger partial charge on any atom is -0.358 e. The summed E-state index contributed by atoms with van der Waals surface area (Å²) in [5, 5.41) is 3.31. The molecule has 3 aromatic rings. The third kappa shape index (κ3) is 2.24. The number of aromatic nitrogens is 2. The Balaban J connectivity index is 1.85. The van der Waals surface area contributed by atoms with Crippen molar-refractivity contribution in [2.75, 3.05) is 10.2 Å². The number of halogens is 1. The molecular formula is C17H13FN4O. The molecule has 0 unspecified atom stereocenters. The van der Waals surface area contributed by atoms with Crippen molar-refractivity contribution in [3.8, 4) is 0 Å². The quantitative estimate of drug-likeness (QED) is 0.763. The van der Waals surface area contributed by atoms with Gasteiger partial charge in [-0.05, 0) is 36.4 Å². The molecule has 4 rings (SSSR count). The molecule has 1 amide bonds. The van der Waals surface area contributed by atoms with Gasteiger partial charge in [-0.3, -0.25) is 9.69 Å². The Hall–Kier alpha value is -3.15. The molecule has 114 valence electrons. The Labute approximate surface area is 131 Å². The fourth-order valence-corrected chi connectivity index (χ4v) is 2.74. The number of nitrogens with zero attached hydrogens (tertiary/aromatic N) is 2. The van der Waals surface area contributed by atoms with Crippen LogP contribution in [0.15, 0.2) is 60.9 Å². The van der Waals surface area contributed by atoms with Crippen LogP contribution < -0.4 is 10.2 Å². The highest BCUT2D eigenvalue weighted by molar-refractivity contribution is 6.12. The summed E-state index contributed by atoms with van der Waals surface area (Å²) in [5.74, 6) is 0.102.